The van der Waals surface area contributed by atoms with Crippen molar-refractivity contribution in [1.29, 1.82) is 0 Å². The summed E-state index contributed by atoms with van der Waals surface area (Å²) in [4.78, 5) is 60.6. The van der Waals surface area contributed by atoms with Gasteiger partial charge in [0.1, 0.15) is 28.8 Å². The molecule has 0 unspecified atom stereocenters. The molecule has 3 aliphatic heterocycles. The van der Waals surface area contributed by atoms with Crippen LogP contribution < -0.4 is 16.1 Å². The van der Waals surface area contributed by atoms with E-state index >= 15 is 0 Å². The van der Waals surface area contributed by atoms with E-state index in [0.717, 1.165) is 24.8 Å². The van der Waals surface area contributed by atoms with Crippen LogP contribution in [0.15, 0.2) is 42.5 Å². The summed E-state index contributed by atoms with van der Waals surface area (Å²) in [6.45, 7) is 5.22. The van der Waals surface area contributed by atoms with Crippen LogP contribution in [0.2, 0.25) is 5.02 Å². The van der Waals surface area contributed by atoms with Crippen molar-refractivity contribution in [1.82, 2.24) is 21.0 Å². The number of carbonyl (C=O) groups is 4. The predicted molar refractivity (Wildman–Crippen MR) is 158 cm³/mol. The van der Waals surface area contributed by atoms with Gasteiger partial charge >= 0.3 is 12.1 Å². The normalized spacial score (nSPS) is 31.1. The first-order valence-corrected chi connectivity index (χ1v) is 15.1. The topological polar surface area (TPSA) is 146 Å². The number of hydrogen-bond donors (Lipinski definition) is 4. The molecular weight excluding hydrogens is 576 g/mol. The molecule has 0 aromatic heterocycles. The number of aliphatic carboxylic acids is 1. The average Bonchev–Trinajstić information content (AvgIpc) is 3.27. The number of hydroxylamine groups is 1. The largest absolute Gasteiger partial charge is 0.479 e. The quantitative estimate of drug-likeness (QED) is 0.375. The van der Waals surface area contributed by atoms with Crippen LogP contribution in [0.25, 0.3) is 5.70 Å². The Morgan fingerprint density at radius 2 is 1.98 bits per heavy atom. The van der Waals surface area contributed by atoms with Gasteiger partial charge in [-0.3, -0.25) is 19.9 Å². The molecular formula is C31H39ClN4O7. The van der Waals surface area contributed by atoms with Gasteiger partial charge in [-0.05, 0) is 64.7 Å². The molecule has 12 heteroatoms. The van der Waals surface area contributed by atoms with Gasteiger partial charge in [-0.15, -0.1) is 0 Å². The third-order valence-electron chi connectivity index (χ3n) is 8.31. The number of nitrogens with zero attached hydrogens (tertiary/aromatic N) is 1. The van der Waals surface area contributed by atoms with E-state index in [-0.39, 0.29) is 25.3 Å². The van der Waals surface area contributed by atoms with Crippen LogP contribution in [0, 0.1) is 5.92 Å². The van der Waals surface area contributed by atoms with E-state index in [9.17, 15) is 24.3 Å². The number of ether oxygens (including phenoxy) is 1. The maximum atomic E-state index is 14.2. The third-order valence-corrected chi connectivity index (χ3v) is 8.54. The van der Waals surface area contributed by atoms with Crippen LogP contribution in [0.3, 0.4) is 0 Å². The number of carboxylic acid groups (broad SMARTS) is 1. The minimum atomic E-state index is -1.43. The first kappa shape index (κ1) is 30.9. The van der Waals surface area contributed by atoms with Gasteiger partial charge in [0, 0.05) is 22.9 Å². The third kappa shape index (κ3) is 6.83. The average molecular weight is 615 g/mol. The van der Waals surface area contributed by atoms with E-state index in [1.807, 2.05) is 24.3 Å². The molecule has 4 aliphatic rings. The maximum absolute atomic E-state index is 14.2. The second-order valence-corrected chi connectivity index (χ2v) is 13.3. The lowest BCUT2D eigenvalue weighted by Gasteiger charge is -2.30. The molecule has 1 aromatic carbocycles. The van der Waals surface area contributed by atoms with Crippen molar-refractivity contribution < 1.29 is 33.9 Å². The van der Waals surface area contributed by atoms with Crippen molar-refractivity contribution >= 4 is 41.2 Å². The van der Waals surface area contributed by atoms with Crippen molar-refractivity contribution in [2.24, 2.45) is 5.92 Å². The van der Waals surface area contributed by atoms with Crippen LogP contribution >= 0.6 is 11.6 Å². The van der Waals surface area contributed by atoms with Gasteiger partial charge in [-0.1, -0.05) is 48.7 Å². The molecule has 2 fully saturated rings. The molecule has 1 aliphatic carbocycles. The molecule has 3 amide bonds. The molecule has 0 radical (unpaired) electrons. The summed E-state index contributed by atoms with van der Waals surface area (Å²) in [7, 11) is 0. The first-order chi connectivity index (χ1) is 20.3. The molecule has 11 nitrogen and oxygen atoms in total. The zero-order valence-electron chi connectivity index (χ0n) is 24.7. The molecule has 232 valence electrons. The zero-order chi connectivity index (χ0) is 31.0. The van der Waals surface area contributed by atoms with Crippen LogP contribution in [0.5, 0.6) is 0 Å². The van der Waals surface area contributed by atoms with Crippen LogP contribution in [-0.4, -0.2) is 69.3 Å². The lowest BCUT2D eigenvalue weighted by molar-refractivity contribution is -0.145. The number of allylic oxidation sites excluding steroid dienone is 1. The standard InChI is InChI=1S/C31H39ClN4O7/c1-29(2,3)42-28(41)33-22-13-8-6-4-5-7-11-20-15-31(20,27(39)40)34-25(37)24-17-30(18-36(24)26(22)38)16-23(35-43-30)19-10-9-12-21(32)14-19/h7,9-12,14,16,20,22,24,35H,4-6,8,13,15,17-18H2,1-3H3,(H,33,41)(H,34,37)(H,39,40)/t20-,22+,24+,30+,31-/m1/s1. The molecule has 4 N–H and O–H groups in total. The van der Waals surface area contributed by atoms with Crippen molar-refractivity contribution in [2.75, 3.05) is 6.54 Å². The number of fused-ring (bicyclic) bond motifs is 2. The van der Waals surface area contributed by atoms with Gasteiger partial charge in [0.25, 0.3) is 0 Å². The van der Waals surface area contributed by atoms with Crippen molar-refractivity contribution in [3.8, 4) is 0 Å². The number of benzene rings is 1. The first-order valence-electron chi connectivity index (χ1n) is 14.8. The summed E-state index contributed by atoms with van der Waals surface area (Å²) in [6, 6.07) is 5.19. The van der Waals surface area contributed by atoms with Crippen molar-refractivity contribution in [2.45, 2.75) is 94.5 Å². The molecule has 43 heavy (non-hydrogen) atoms. The molecule has 0 bridgehead atoms. The van der Waals surface area contributed by atoms with E-state index < -0.39 is 52.7 Å². The van der Waals surface area contributed by atoms with Crippen LogP contribution in [0.4, 0.5) is 4.79 Å². The fourth-order valence-corrected chi connectivity index (χ4v) is 6.23. The fraction of sp³-hybridized carbons (Fsp3) is 0.548. The molecule has 1 spiro atoms. The zero-order valence-corrected chi connectivity index (χ0v) is 25.4. The molecule has 1 saturated carbocycles. The molecule has 5 atom stereocenters. The number of carbonyl (C=O) groups excluding carboxylic acids is 3. The van der Waals surface area contributed by atoms with E-state index in [1.165, 1.54) is 4.90 Å². The van der Waals surface area contributed by atoms with Gasteiger partial charge in [0.2, 0.25) is 11.8 Å². The second kappa shape index (κ2) is 11.8. The number of hydrogen-bond acceptors (Lipinski definition) is 7. The van der Waals surface area contributed by atoms with E-state index in [2.05, 4.69) is 16.1 Å². The monoisotopic (exact) mass is 614 g/mol. The Morgan fingerprint density at radius 3 is 2.70 bits per heavy atom. The summed E-state index contributed by atoms with van der Waals surface area (Å²) in [5, 5.41) is 16.1. The summed E-state index contributed by atoms with van der Waals surface area (Å²) in [5.41, 5.74) is 1.06. The van der Waals surface area contributed by atoms with Crippen molar-refractivity contribution in [3.63, 3.8) is 0 Å². The number of carboxylic acids is 1. The Bertz CT molecular complexity index is 1360. The number of amides is 3. The fourth-order valence-electron chi connectivity index (χ4n) is 6.04. The lowest BCUT2D eigenvalue weighted by atomic mass is 9.97. The Balaban J connectivity index is 1.47. The SMILES string of the molecule is CC(C)(C)OC(=O)N[C@H]1CCCCCC=C[C@@H]2C[C@@]2(C(=O)O)NC(=O)[C@@H]2C[C@@]3(C=C(c4cccc(Cl)c4)NO3)CN2C1=O. The Labute approximate surface area is 255 Å². The smallest absolute Gasteiger partial charge is 0.408 e. The lowest BCUT2D eigenvalue weighted by Crippen LogP contribution is -2.56. The summed E-state index contributed by atoms with van der Waals surface area (Å²) >= 11 is 6.19. The minimum absolute atomic E-state index is 0.0108. The summed E-state index contributed by atoms with van der Waals surface area (Å²) in [6.07, 6.45) is 8.69. The van der Waals surface area contributed by atoms with Crippen LogP contribution in [0.1, 0.15) is 71.3 Å². The van der Waals surface area contributed by atoms with Gasteiger partial charge in [-0.25, -0.2) is 9.59 Å². The van der Waals surface area contributed by atoms with Gasteiger partial charge in [0.05, 0.1) is 12.2 Å². The van der Waals surface area contributed by atoms with Crippen LogP contribution in [-0.2, 0) is 24.0 Å². The molecule has 1 saturated heterocycles. The summed E-state index contributed by atoms with van der Waals surface area (Å²) < 4.78 is 5.44. The predicted octanol–water partition coefficient (Wildman–Crippen LogP) is 3.93. The Kier molecular flexibility index (Phi) is 8.50. The van der Waals surface area contributed by atoms with Gasteiger partial charge in [-0.2, -0.15) is 0 Å². The Hall–Kier alpha value is -3.57. The molecule has 5 rings (SSSR count). The number of nitrogens with one attached hydrogen (secondary N) is 3. The molecule has 1 aromatic rings. The van der Waals surface area contributed by atoms with E-state index in [1.54, 1.807) is 39.0 Å². The highest BCUT2D eigenvalue weighted by molar-refractivity contribution is 6.30. The highest BCUT2D eigenvalue weighted by atomic mass is 35.5. The number of halogens is 1. The number of alkyl carbamates (subject to hydrolysis) is 1. The Morgan fingerprint density at radius 1 is 1.19 bits per heavy atom. The van der Waals surface area contributed by atoms with E-state index in [4.69, 9.17) is 21.2 Å². The second-order valence-electron chi connectivity index (χ2n) is 12.9. The summed E-state index contributed by atoms with van der Waals surface area (Å²) in [5.74, 6) is -2.49. The highest BCUT2D eigenvalue weighted by Crippen LogP contribution is 2.46. The molecule has 3 heterocycles. The number of rotatable bonds is 3. The van der Waals surface area contributed by atoms with E-state index in [0.29, 0.717) is 23.6 Å². The van der Waals surface area contributed by atoms with Gasteiger partial charge < -0.3 is 25.4 Å². The minimum Gasteiger partial charge on any atom is -0.479 e. The highest BCUT2D eigenvalue weighted by Gasteiger charge is 2.62. The van der Waals surface area contributed by atoms with Gasteiger partial charge in [0.15, 0.2) is 0 Å². The maximum Gasteiger partial charge on any atom is 0.408 e. The van der Waals surface area contributed by atoms with Crippen molar-refractivity contribution in [3.05, 3.63) is 53.1 Å².